The van der Waals surface area contributed by atoms with Crippen LogP contribution in [0.15, 0.2) is 0 Å². The number of rotatable bonds is 3. The summed E-state index contributed by atoms with van der Waals surface area (Å²) >= 11 is 0. The topological polar surface area (TPSA) is 55.8 Å². The van der Waals surface area contributed by atoms with E-state index in [1.807, 2.05) is 0 Å². The zero-order valence-corrected chi connectivity index (χ0v) is 5.58. The number of aliphatic carboxylic acids is 1. The Morgan fingerprint density at radius 1 is 1.70 bits per heavy atom. The smallest absolute Gasteiger partial charge is 0.303 e. The highest BCUT2D eigenvalue weighted by molar-refractivity contribution is 5.66. The van der Waals surface area contributed by atoms with Crippen LogP contribution >= 0.6 is 0 Å². The molecule has 1 N–H and O–H groups in total. The van der Waals surface area contributed by atoms with Crippen molar-refractivity contribution >= 4 is 5.97 Å². The first-order valence-electron chi connectivity index (χ1n) is 3.20. The van der Waals surface area contributed by atoms with Gasteiger partial charge in [-0.15, -0.1) is 0 Å². The molecule has 1 unspecified atom stereocenters. The molecule has 0 aromatic heterocycles. The summed E-state index contributed by atoms with van der Waals surface area (Å²) in [5.41, 5.74) is 0. The van der Waals surface area contributed by atoms with E-state index in [2.05, 4.69) is 0 Å². The second-order valence-corrected chi connectivity index (χ2v) is 2.21. The Hall–Kier alpha value is -0.610. The lowest BCUT2D eigenvalue weighted by Gasteiger charge is -2.02. The molecule has 58 valence electrons. The summed E-state index contributed by atoms with van der Waals surface area (Å²) in [5, 5.41) is 8.28. The van der Waals surface area contributed by atoms with Crippen LogP contribution in [0.3, 0.4) is 0 Å². The predicted octanol–water partition coefficient (Wildman–Crippen LogP) is 0.224. The monoisotopic (exact) mass is 146 g/mol. The highest BCUT2D eigenvalue weighted by Gasteiger charge is 2.16. The maximum Gasteiger partial charge on any atom is 0.303 e. The largest absolute Gasteiger partial charge is 0.481 e. The third-order valence-corrected chi connectivity index (χ3v) is 1.37. The molecule has 1 heterocycles. The molecular weight excluding hydrogens is 136 g/mol. The molecule has 1 rings (SSSR count). The maximum absolute atomic E-state index is 10.1. The number of hydrogen-bond acceptors (Lipinski definition) is 3. The minimum Gasteiger partial charge on any atom is -0.481 e. The first-order valence-corrected chi connectivity index (χ1v) is 3.20. The van der Waals surface area contributed by atoms with E-state index < -0.39 is 5.97 Å². The highest BCUT2D eigenvalue weighted by atomic mass is 16.7. The van der Waals surface area contributed by atoms with Crippen molar-refractivity contribution in [3.63, 3.8) is 0 Å². The van der Waals surface area contributed by atoms with Crippen molar-refractivity contribution < 1.29 is 19.4 Å². The van der Waals surface area contributed by atoms with Crippen LogP contribution in [0, 0.1) is 0 Å². The van der Waals surface area contributed by atoms with Crippen molar-refractivity contribution in [1.29, 1.82) is 0 Å². The average Bonchev–Trinajstić information content (AvgIpc) is 2.34. The number of carbonyl (C=O) groups is 1. The minimum atomic E-state index is -0.782. The van der Waals surface area contributed by atoms with Gasteiger partial charge in [-0.25, -0.2) is 0 Å². The molecule has 10 heavy (non-hydrogen) atoms. The standard InChI is InChI=1S/C6H10O4/c7-6(8)2-1-5-3-9-4-10-5/h5H,1-4H2,(H,7,8). The Bertz CT molecular complexity index is 117. The van der Waals surface area contributed by atoms with E-state index in [9.17, 15) is 4.79 Å². The molecule has 0 spiro atoms. The normalized spacial score (nSPS) is 25.0. The molecule has 1 aliphatic heterocycles. The molecular formula is C6H10O4. The Morgan fingerprint density at radius 3 is 3.00 bits per heavy atom. The molecule has 0 bridgehead atoms. The van der Waals surface area contributed by atoms with E-state index >= 15 is 0 Å². The third kappa shape index (κ3) is 2.33. The zero-order chi connectivity index (χ0) is 7.40. The molecule has 1 aliphatic rings. The molecule has 1 atom stereocenters. The van der Waals surface area contributed by atoms with E-state index in [1.54, 1.807) is 0 Å². The fraction of sp³-hybridized carbons (Fsp3) is 0.833. The fourth-order valence-electron chi connectivity index (χ4n) is 0.823. The van der Waals surface area contributed by atoms with E-state index in [-0.39, 0.29) is 12.5 Å². The second kappa shape index (κ2) is 3.53. The van der Waals surface area contributed by atoms with Gasteiger partial charge in [-0.05, 0) is 6.42 Å². The van der Waals surface area contributed by atoms with Gasteiger partial charge in [0.1, 0.15) is 6.79 Å². The molecule has 0 amide bonds. The molecule has 4 nitrogen and oxygen atoms in total. The Kier molecular flexibility index (Phi) is 2.65. The Morgan fingerprint density at radius 2 is 2.50 bits per heavy atom. The van der Waals surface area contributed by atoms with Gasteiger partial charge in [0, 0.05) is 6.42 Å². The highest BCUT2D eigenvalue weighted by Crippen LogP contribution is 2.08. The lowest BCUT2D eigenvalue weighted by atomic mass is 10.2. The summed E-state index contributed by atoms with van der Waals surface area (Å²) in [4.78, 5) is 10.1. The Balaban J connectivity index is 2.07. The second-order valence-electron chi connectivity index (χ2n) is 2.21. The van der Waals surface area contributed by atoms with Gasteiger partial charge >= 0.3 is 5.97 Å². The van der Waals surface area contributed by atoms with E-state index in [0.717, 1.165) is 0 Å². The van der Waals surface area contributed by atoms with Crippen LogP contribution in [0.4, 0.5) is 0 Å². The molecule has 0 aromatic carbocycles. The van der Waals surface area contributed by atoms with Gasteiger partial charge < -0.3 is 14.6 Å². The molecule has 0 saturated carbocycles. The number of hydrogen-bond donors (Lipinski definition) is 1. The SMILES string of the molecule is O=C(O)CCC1COCO1. The van der Waals surface area contributed by atoms with E-state index in [4.69, 9.17) is 14.6 Å². The fourth-order valence-corrected chi connectivity index (χ4v) is 0.823. The van der Waals surface area contributed by atoms with Crippen molar-refractivity contribution in [2.45, 2.75) is 18.9 Å². The van der Waals surface area contributed by atoms with Crippen molar-refractivity contribution in [2.75, 3.05) is 13.4 Å². The van der Waals surface area contributed by atoms with Crippen LogP contribution in [0.25, 0.3) is 0 Å². The first kappa shape index (κ1) is 7.50. The van der Waals surface area contributed by atoms with E-state index in [0.29, 0.717) is 19.8 Å². The van der Waals surface area contributed by atoms with Crippen molar-refractivity contribution in [3.8, 4) is 0 Å². The molecule has 4 heteroatoms. The van der Waals surface area contributed by atoms with Crippen LogP contribution in [0.1, 0.15) is 12.8 Å². The van der Waals surface area contributed by atoms with Gasteiger partial charge in [-0.3, -0.25) is 4.79 Å². The van der Waals surface area contributed by atoms with Crippen LogP contribution < -0.4 is 0 Å². The summed E-state index contributed by atoms with van der Waals surface area (Å²) in [6.07, 6.45) is 0.708. The molecule has 1 saturated heterocycles. The minimum absolute atomic E-state index is 0.00361. The quantitative estimate of drug-likeness (QED) is 0.619. The van der Waals surface area contributed by atoms with Crippen LogP contribution in [0.2, 0.25) is 0 Å². The summed E-state index contributed by atoms with van der Waals surface area (Å²) in [6, 6.07) is 0. The Labute approximate surface area is 58.7 Å². The summed E-state index contributed by atoms with van der Waals surface area (Å²) in [6.45, 7) is 0.845. The zero-order valence-electron chi connectivity index (χ0n) is 5.58. The summed E-state index contributed by atoms with van der Waals surface area (Å²) < 4.78 is 9.89. The van der Waals surface area contributed by atoms with Gasteiger partial charge in [0.25, 0.3) is 0 Å². The molecule has 0 radical (unpaired) electrons. The van der Waals surface area contributed by atoms with Gasteiger partial charge in [-0.2, -0.15) is 0 Å². The van der Waals surface area contributed by atoms with Gasteiger partial charge in [0.15, 0.2) is 0 Å². The van der Waals surface area contributed by atoms with Crippen LogP contribution in [-0.2, 0) is 14.3 Å². The number of ether oxygens (including phenoxy) is 2. The van der Waals surface area contributed by atoms with Crippen LogP contribution in [-0.4, -0.2) is 30.6 Å². The number of carboxylic acids is 1. The molecule has 1 fully saturated rings. The van der Waals surface area contributed by atoms with Gasteiger partial charge in [0.05, 0.1) is 12.7 Å². The number of carboxylic acid groups (broad SMARTS) is 1. The third-order valence-electron chi connectivity index (χ3n) is 1.37. The van der Waals surface area contributed by atoms with Gasteiger partial charge in [0.2, 0.25) is 0 Å². The van der Waals surface area contributed by atoms with Crippen molar-refractivity contribution in [3.05, 3.63) is 0 Å². The predicted molar refractivity (Wildman–Crippen MR) is 32.6 cm³/mol. The summed E-state index contributed by atoms with van der Waals surface area (Å²) in [7, 11) is 0. The molecule has 0 aliphatic carbocycles. The van der Waals surface area contributed by atoms with Crippen molar-refractivity contribution in [2.24, 2.45) is 0 Å². The first-order chi connectivity index (χ1) is 4.79. The van der Waals surface area contributed by atoms with Crippen LogP contribution in [0.5, 0.6) is 0 Å². The lowest BCUT2D eigenvalue weighted by Crippen LogP contribution is -2.11. The van der Waals surface area contributed by atoms with E-state index in [1.165, 1.54) is 0 Å². The lowest BCUT2D eigenvalue weighted by molar-refractivity contribution is -0.137. The molecule has 0 aromatic rings. The summed E-state index contributed by atoms with van der Waals surface area (Å²) in [5.74, 6) is -0.782. The maximum atomic E-state index is 10.1. The van der Waals surface area contributed by atoms with Gasteiger partial charge in [-0.1, -0.05) is 0 Å². The van der Waals surface area contributed by atoms with Crippen molar-refractivity contribution in [1.82, 2.24) is 0 Å². The average molecular weight is 146 g/mol.